The maximum absolute atomic E-state index is 3.78. The summed E-state index contributed by atoms with van der Waals surface area (Å²) < 4.78 is 0. The third-order valence-corrected chi connectivity index (χ3v) is 7.49. The molecule has 2 aliphatic heterocycles. The lowest BCUT2D eigenvalue weighted by Crippen LogP contribution is -2.61. The van der Waals surface area contributed by atoms with Gasteiger partial charge in [0.1, 0.15) is 0 Å². The lowest BCUT2D eigenvalue weighted by atomic mass is 9.88. The highest BCUT2D eigenvalue weighted by atomic mass is 32.2. The van der Waals surface area contributed by atoms with E-state index in [0.717, 1.165) is 18.3 Å². The van der Waals surface area contributed by atoms with Crippen LogP contribution in [-0.2, 0) is 5.54 Å². The van der Waals surface area contributed by atoms with Gasteiger partial charge in [0.05, 0.1) is 5.54 Å². The van der Waals surface area contributed by atoms with Crippen LogP contribution in [0.3, 0.4) is 0 Å². The second kappa shape index (κ2) is 6.95. The van der Waals surface area contributed by atoms with Crippen molar-refractivity contribution < 1.29 is 0 Å². The Morgan fingerprint density at radius 1 is 1.29 bits per heavy atom. The molecule has 3 atom stereocenters. The van der Waals surface area contributed by atoms with Gasteiger partial charge in [-0.2, -0.15) is 23.5 Å². The summed E-state index contributed by atoms with van der Waals surface area (Å²) in [4.78, 5) is 2.70. The minimum atomic E-state index is 0.0836. The molecule has 0 amide bonds. The molecule has 0 radical (unpaired) electrons. The van der Waals surface area contributed by atoms with E-state index in [0.29, 0.717) is 6.04 Å². The zero-order valence-corrected chi connectivity index (χ0v) is 14.7. The van der Waals surface area contributed by atoms with Crippen molar-refractivity contribution in [1.29, 1.82) is 0 Å². The fourth-order valence-electron chi connectivity index (χ4n) is 3.27. The average molecular weight is 323 g/mol. The third kappa shape index (κ3) is 3.79. The summed E-state index contributed by atoms with van der Waals surface area (Å²) in [7, 11) is 0. The molecule has 0 spiro atoms. The van der Waals surface area contributed by atoms with Crippen molar-refractivity contribution in [3.63, 3.8) is 0 Å². The van der Waals surface area contributed by atoms with E-state index >= 15 is 0 Å². The summed E-state index contributed by atoms with van der Waals surface area (Å²) in [5, 5.41) is 4.58. The molecular weight excluding hydrogens is 296 g/mol. The summed E-state index contributed by atoms with van der Waals surface area (Å²) in [5.74, 6) is 3.98. The van der Waals surface area contributed by atoms with Crippen molar-refractivity contribution in [3.8, 4) is 0 Å². The summed E-state index contributed by atoms with van der Waals surface area (Å²) in [6, 6.07) is 11.6. The van der Waals surface area contributed by atoms with E-state index in [1.165, 1.54) is 29.4 Å². The molecule has 2 heterocycles. The van der Waals surface area contributed by atoms with E-state index in [1.807, 2.05) is 0 Å². The first kappa shape index (κ1) is 15.7. The van der Waals surface area contributed by atoms with Gasteiger partial charge in [0.2, 0.25) is 0 Å². The molecule has 2 fully saturated rings. The number of nitrogens with zero attached hydrogens (tertiary/aromatic N) is 1. The van der Waals surface area contributed by atoms with Gasteiger partial charge < -0.3 is 5.32 Å². The highest BCUT2D eigenvalue weighted by Gasteiger charge is 2.36. The molecule has 1 aromatic rings. The van der Waals surface area contributed by atoms with Crippen molar-refractivity contribution in [2.75, 3.05) is 36.9 Å². The Hall–Kier alpha value is -0.160. The summed E-state index contributed by atoms with van der Waals surface area (Å²) in [6.45, 7) is 8.14. The van der Waals surface area contributed by atoms with Gasteiger partial charge in [-0.15, -0.1) is 0 Å². The highest BCUT2D eigenvalue weighted by Crippen LogP contribution is 2.29. The van der Waals surface area contributed by atoms with Crippen LogP contribution in [0.25, 0.3) is 0 Å². The largest absolute Gasteiger partial charge is 0.305 e. The fourth-order valence-corrected chi connectivity index (χ4v) is 5.96. The summed E-state index contributed by atoms with van der Waals surface area (Å²) >= 11 is 4.30. The zero-order chi connectivity index (χ0) is 14.7. The summed E-state index contributed by atoms with van der Waals surface area (Å²) in [6.07, 6.45) is 0. The minimum absolute atomic E-state index is 0.0836. The average Bonchev–Trinajstić information content (AvgIpc) is 2.53. The molecule has 0 saturated carbocycles. The van der Waals surface area contributed by atoms with E-state index in [1.54, 1.807) is 0 Å². The normalized spacial score (nSPS) is 34.8. The number of benzene rings is 1. The summed E-state index contributed by atoms with van der Waals surface area (Å²) in [5.41, 5.74) is 1.49. The molecule has 2 saturated heterocycles. The smallest absolute Gasteiger partial charge is 0.0535 e. The maximum atomic E-state index is 3.78. The van der Waals surface area contributed by atoms with Gasteiger partial charge in [0, 0.05) is 48.2 Å². The highest BCUT2D eigenvalue weighted by molar-refractivity contribution is 8.06. The topological polar surface area (TPSA) is 15.3 Å². The van der Waals surface area contributed by atoms with Gasteiger partial charge in [0.25, 0.3) is 0 Å². The van der Waals surface area contributed by atoms with Crippen LogP contribution < -0.4 is 5.32 Å². The maximum Gasteiger partial charge on any atom is 0.0535 e. The molecule has 0 aliphatic carbocycles. The standard InChI is InChI=1S/C17H26N2S2/c1-14-10-18-17(2,15-6-4-3-5-7-15)13-19(14)11-16-12-20-8-9-21-16/h3-7,14,16,18H,8-13H2,1-2H3. The third-order valence-electron chi connectivity index (χ3n) is 4.66. The molecule has 1 aromatic carbocycles. The number of nitrogens with one attached hydrogen (secondary N) is 1. The van der Waals surface area contributed by atoms with Crippen molar-refractivity contribution in [2.45, 2.75) is 30.7 Å². The number of thioether (sulfide) groups is 2. The second-order valence-electron chi connectivity index (χ2n) is 6.43. The van der Waals surface area contributed by atoms with Crippen molar-refractivity contribution in [2.24, 2.45) is 0 Å². The van der Waals surface area contributed by atoms with Gasteiger partial charge in [-0.3, -0.25) is 4.90 Å². The van der Waals surface area contributed by atoms with Gasteiger partial charge >= 0.3 is 0 Å². The van der Waals surface area contributed by atoms with Gasteiger partial charge in [-0.05, 0) is 19.4 Å². The molecule has 0 bridgehead atoms. The SMILES string of the molecule is CC1CNC(C)(c2ccccc2)CN1CC1CSCCS1. The fraction of sp³-hybridized carbons (Fsp3) is 0.647. The first-order chi connectivity index (χ1) is 10.2. The Labute approximate surface area is 137 Å². The van der Waals surface area contributed by atoms with Gasteiger partial charge in [-0.25, -0.2) is 0 Å². The van der Waals surface area contributed by atoms with Crippen molar-refractivity contribution >= 4 is 23.5 Å². The molecule has 116 valence electrons. The van der Waals surface area contributed by atoms with Crippen LogP contribution in [-0.4, -0.2) is 53.1 Å². The van der Waals surface area contributed by atoms with Crippen LogP contribution in [0.15, 0.2) is 30.3 Å². The molecular formula is C17H26N2S2. The predicted octanol–water partition coefficient (Wildman–Crippen LogP) is 3.04. The van der Waals surface area contributed by atoms with Crippen LogP contribution in [0.1, 0.15) is 19.4 Å². The van der Waals surface area contributed by atoms with Crippen LogP contribution in [0.5, 0.6) is 0 Å². The molecule has 21 heavy (non-hydrogen) atoms. The predicted molar refractivity (Wildman–Crippen MR) is 96.4 cm³/mol. The number of hydrogen-bond acceptors (Lipinski definition) is 4. The monoisotopic (exact) mass is 322 g/mol. The zero-order valence-electron chi connectivity index (χ0n) is 13.0. The first-order valence-corrected chi connectivity index (χ1v) is 10.1. The quantitative estimate of drug-likeness (QED) is 0.919. The van der Waals surface area contributed by atoms with Crippen LogP contribution in [0.2, 0.25) is 0 Å². The van der Waals surface area contributed by atoms with E-state index in [9.17, 15) is 0 Å². The lowest BCUT2D eigenvalue weighted by Gasteiger charge is -2.46. The Kier molecular flexibility index (Phi) is 5.20. The number of rotatable bonds is 3. The molecule has 2 nitrogen and oxygen atoms in total. The van der Waals surface area contributed by atoms with Crippen LogP contribution in [0.4, 0.5) is 0 Å². The van der Waals surface area contributed by atoms with Crippen molar-refractivity contribution in [3.05, 3.63) is 35.9 Å². The lowest BCUT2D eigenvalue weighted by molar-refractivity contribution is 0.0964. The molecule has 0 aromatic heterocycles. The Morgan fingerprint density at radius 3 is 2.81 bits per heavy atom. The number of hydrogen-bond donors (Lipinski definition) is 1. The number of piperazine rings is 1. The Morgan fingerprint density at radius 2 is 2.10 bits per heavy atom. The molecule has 4 heteroatoms. The van der Waals surface area contributed by atoms with Crippen LogP contribution in [0, 0.1) is 0 Å². The first-order valence-electron chi connectivity index (χ1n) is 7.91. The molecule has 2 aliphatic rings. The van der Waals surface area contributed by atoms with E-state index in [2.05, 4.69) is 77.9 Å². The van der Waals surface area contributed by atoms with Crippen LogP contribution >= 0.6 is 23.5 Å². The van der Waals surface area contributed by atoms with E-state index in [-0.39, 0.29) is 5.54 Å². The second-order valence-corrected chi connectivity index (χ2v) is 8.98. The van der Waals surface area contributed by atoms with Crippen molar-refractivity contribution in [1.82, 2.24) is 10.2 Å². The molecule has 3 rings (SSSR count). The van der Waals surface area contributed by atoms with E-state index < -0.39 is 0 Å². The molecule has 1 N–H and O–H groups in total. The van der Waals surface area contributed by atoms with E-state index in [4.69, 9.17) is 0 Å². The Balaban J connectivity index is 1.69. The van der Waals surface area contributed by atoms with Gasteiger partial charge in [0.15, 0.2) is 0 Å². The van der Waals surface area contributed by atoms with Gasteiger partial charge in [-0.1, -0.05) is 30.3 Å². The molecule has 3 unspecified atom stereocenters. The Bertz CT molecular complexity index is 447. The minimum Gasteiger partial charge on any atom is -0.305 e.